The summed E-state index contributed by atoms with van der Waals surface area (Å²) in [6.45, 7) is 9.92. The Bertz CT molecular complexity index is 947. The molecule has 0 aromatic heterocycles. The molecule has 3 rings (SSSR count). The Morgan fingerprint density at radius 3 is 2.25 bits per heavy atom. The highest BCUT2D eigenvalue weighted by molar-refractivity contribution is 7.92. The number of amides is 1. The van der Waals surface area contributed by atoms with E-state index >= 15 is 0 Å². The molecule has 0 aliphatic carbocycles. The topological polar surface area (TPSA) is 69.7 Å². The van der Waals surface area contributed by atoms with E-state index in [1.165, 1.54) is 0 Å². The minimum absolute atomic E-state index is 0.0634. The van der Waals surface area contributed by atoms with E-state index in [0.29, 0.717) is 24.3 Å². The molecule has 1 N–H and O–H groups in total. The summed E-state index contributed by atoms with van der Waals surface area (Å²) in [6, 6.07) is 11.9. The van der Waals surface area contributed by atoms with Crippen molar-refractivity contribution in [3.63, 3.8) is 0 Å². The Hall–Kier alpha value is -2.38. The Kier molecular flexibility index (Phi) is 6.05. The maximum absolute atomic E-state index is 12.9. The third-order valence-corrected chi connectivity index (χ3v) is 6.55. The third kappa shape index (κ3) is 4.54. The number of carbonyl (C=O) groups excluding carboxylic acids is 1. The molecule has 28 heavy (non-hydrogen) atoms. The average molecular weight is 402 g/mol. The van der Waals surface area contributed by atoms with Gasteiger partial charge in [0.15, 0.2) is 0 Å². The van der Waals surface area contributed by atoms with Crippen molar-refractivity contribution in [3.05, 3.63) is 59.2 Å². The van der Waals surface area contributed by atoms with Crippen molar-refractivity contribution in [2.45, 2.75) is 25.7 Å². The smallest absolute Gasteiger partial charge is 0.261 e. The standard InChI is InChI=1S/C21H27N3O3S/c1-4-23-11-13-24(14-12-23)21(25)18-8-7-17(3)20(15-18)22-28(26,27)19-9-5-16(2)6-10-19/h5-10,15,22H,4,11-14H2,1-3H3. The second kappa shape index (κ2) is 8.32. The first kappa shape index (κ1) is 20.4. The van der Waals surface area contributed by atoms with Crippen LogP contribution in [0.3, 0.4) is 0 Å². The van der Waals surface area contributed by atoms with Gasteiger partial charge >= 0.3 is 0 Å². The van der Waals surface area contributed by atoms with Crippen LogP contribution in [-0.2, 0) is 10.0 Å². The molecular weight excluding hydrogens is 374 g/mol. The quantitative estimate of drug-likeness (QED) is 0.836. The molecule has 1 saturated heterocycles. The fourth-order valence-corrected chi connectivity index (χ4v) is 4.36. The van der Waals surface area contributed by atoms with Crippen LogP contribution in [0.15, 0.2) is 47.4 Å². The van der Waals surface area contributed by atoms with Crippen LogP contribution in [0.5, 0.6) is 0 Å². The molecule has 1 amide bonds. The van der Waals surface area contributed by atoms with Gasteiger partial charge in [-0.3, -0.25) is 9.52 Å². The van der Waals surface area contributed by atoms with Crippen LogP contribution in [0.25, 0.3) is 0 Å². The molecule has 0 bridgehead atoms. The van der Waals surface area contributed by atoms with Gasteiger partial charge in [0.2, 0.25) is 0 Å². The monoisotopic (exact) mass is 401 g/mol. The normalized spacial score (nSPS) is 15.5. The first-order chi connectivity index (χ1) is 13.3. The van der Waals surface area contributed by atoms with Crippen molar-refractivity contribution < 1.29 is 13.2 Å². The van der Waals surface area contributed by atoms with E-state index < -0.39 is 10.0 Å². The van der Waals surface area contributed by atoms with Gasteiger partial charge in [0.25, 0.3) is 15.9 Å². The number of likely N-dealkylation sites (N-methyl/N-ethyl adjacent to an activating group) is 1. The molecule has 0 atom stereocenters. The molecule has 1 aliphatic rings. The van der Waals surface area contributed by atoms with Crippen molar-refractivity contribution in [2.75, 3.05) is 37.4 Å². The lowest BCUT2D eigenvalue weighted by Crippen LogP contribution is -2.48. The predicted octanol–water partition coefficient (Wildman–Crippen LogP) is 2.88. The van der Waals surface area contributed by atoms with Crippen molar-refractivity contribution in [3.8, 4) is 0 Å². The van der Waals surface area contributed by atoms with E-state index in [2.05, 4.69) is 16.5 Å². The summed E-state index contributed by atoms with van der Waals surface area (Å²) in [5.74, 6) is -0.0634. The molecule has 1 heterocycles. The number of aryl methyl sites for hydroxylation is 2. The molecule has 150 valence electrons. The highest BCUT2D eigenvalue weighted by Crippen LogP contribution is 2.22. The second-order valence-corrected chi connectivity index (χ2v) is 8.86. The van der Waals surface area contributed by atoms with E-state index in [1.807, 2.05) is 18.7 Å². The number of nitrogens with one attached hydrogen (secondary N) is 1. The zero-order chi connectivity index (χ0) is 20.3. The fraction of sp³-hybridized carbons (Fsp3) is 0.381. The lowest BCUT2D eigenvalue weighted by Gasteiger charge is -2.34. The first-order valence-corrected chi connectivity index (χ1v) is 11.0. The lowest BCUT2D eigenvalue weighted by molar-refractivity contribution is 0.0643. The maximum Gasteiger partial charge on any atom is 0.261 e. The number of hydrogen-bond acceptors (Lipinski definition) is 4. The van der Waals surface area contributed by atoms with Crippen LogP contribution in [-0.4, -0.2) is 56.8 Å². The average Bonchev–Trinajstić information content (AvgIpc) is 2.69. The summed E-state index contributed by atoms with van der Waals surface area (Å²) in [6.07, 6.45) is 0. The van der Waals surface area contributed by atoms with Crippen molar-refractivity contribution in [2.24, 2.45) is 0 Å². The van der Waals surface area contributed by atoms with E-state index in [-0.39, 0.29) is 10.8 Å². The fourth-order valence-electron chi connectivity index (χ4n) is 3.24. The highest BCUT2D eigenvalue weighted by atomic mass is 32.2. The first-order valence-electron chi connectivity index (χ1n) is 9.52. The van der Waals surface area contributed by atoms with Gasteiger partial charge in [0.1, 0.15) is 0 Å². The summed E-state index contributed by atoms with van der Waals surface area (Å²) in [5, 5.41) is 0. The molecule has 0 spiro atoms. The third-order valence-electron chi connectivity index (χ3n) is 5.17. The minimum atomic E-state index is -3.71. The number of piperazine rings is 1. The maximum atomic E-state index is 12.9. The predicted molar refractivity (Wildman–Crippen MR) is 111 cm³/mol. The zero-order valence-electron chi connectivity index (χ0n) is 16.6. The van der Waals surface area contributed by atoms with Crippen molar-refractivity contribution >= 4 is 21.6 Å². The van der Waals surface area contributed by atoms with Gasteiger partial charge in [-0.1, -0.05) is 30.7 Å². The number of sulfonamides is 1. The number of hydrogen-bond donors (Lipinski definition) is 1. The van der Waals surface area contributed by atoms with Crippen LogP contribution in [0.4, 0.5) is 5.69 Å². The largest absolute Gasteiger partial charge is 0.336 e. The molecular formula is C21H27N3O3S. The molecule has 2 aromatic carbocycles. The molecule has 7 heteroatoms. The summed E-state index contributed by atoms with van der Waals surface area (Å²) in [4.78, 5) is 17.2. The SMILES string of the molecule is CCN1CCN(C(=O)c2ccc(C)c(NS(=O)(=O)c3ccc(C)cc3)c2)CC1. The molecule has 6 nitrogen and oxygen atoms in total. The molecule has 0 radical (unpaired) electrons. The van der Waals surface area contributed by atoms with E-state index in [4.69, 9.17) is 0 Å². The van der Waals surface area contributed by atoms with Crippen LogP contribution in [0.1, 0.15) is 28.4 Å². The van der Waals surface area contributed by atoms with Gasteiger partial charge < -0.3 is 9.80 Å². The molecule has 1 fully saturated rings. The van der Waals surface area contributed by atoms with Crippen LogP contribution in [0.2, 0.25) is 0 Å². The van der Waals surface area contributed by atoms with Crippen LogP contribution >= 0.6 is 0 Å². The van der Waals surface area contributed by atoms with E-state index in [1.54, 1.807) is 42.5 Å². The van der Waals surface area contributed by atoms with Crippen LogP contribution in [0, 0.1) is 13.8 Å². The Morgan fingerprint density at radius 2 is 1.64 bits per heavy atom. The summed E-state index contributed by atoms with van der Waals surface area (Å²) >= 11 is 0. The van der Waals surface area contributed by atoms with Crippen LogP contribution < -0.4 is 4.72 Å². The van der Waals surface area contributed by atoms with E-state index in [9.17, 15) is 13.2 Å². The van der Waals surface area contributed by atoms with Gasteiger partial charge in [0.05, 0.1) is 10.6 Å². The Balaban J connectivity index is 1.80. The van der Waals surface area contributed by atoms with Gasteiger partial charge in [0, 0.05) is 31.7 Å². The number of rotatable bonds is 5. The van der Waals surface area contributed by atoms with Gasteiger partial charge in [-0.2, -0.15) is 0 Å². The number of carbonyl (C=O) groups is 1. The molecule has 2 aromatic rings. The zero-order valence-corrected chi connectivity index (χ0v) is 17.4. The molecule has 0 unspecified atom stereocenters. The number of nitrogens with zero attached hydrogens (tertiary/aromatic N) is 2. The lowest BCUT2D eigenvalue weighted by atomic mass is 10.1. The van der Waals surface area contributed by atoms with Gasteiger partial charge in [-0.25, -0.2) is 8.42 Å². The Labute approximate surface area is 167 Å². The van der Waals surface area contributed by atoms with Crippen molar-refractivity contribution in [1.29, 1.82) is 0 Å². The summed E-state index contributed by atoms with van der Waals surface area (Å²) < 4.78 is 28.0. The van der Waals surface area contributed by atoms with Gasteiger partial charge in [-0.05, 0) is 50.2 Å². The summed E-state index contributed by atoms with van der Waals surface area (Å²) in [7, 11) is -3.71. The Morgan fingerprint density at radius 1 is 1.00 bits per heavy atom. The van der Waals surface area contributed by atoms with E-state index in [0.717, 1.165) is 30.8 Å². The number of anilines is 1. The number of benzene rings is 2. The molecule has 0 saturated carbocycles. The second-order valence-electron chi connectivity index (χ2n) is 7.17. The highest BCUT2D eigenvalue weighted by Gasteiger charge is 2.22. The minimum Gasteiger partial charge on any atom is -0.336 e. The summed E-state index contributed by atoms with van der Waals surface area (Å²) in [5.41, 5.74) is 2.68. The molecule has 1 aliphatic heterocycles. The van der Waals surface area contributed by atoms with Crippen molar-refractivity contribution in [1.82, 2.24) is 9.80 Å². The van der Waals surface area contributed by atoms with Gasteiger partial charge in [-0.15, -0.1) is 0 Å².